The van der Waals surface area contributed by atoms with E-state index in [2.05, 4.69) is 67.5 Å². The van der Waals surface area contributed by atoms with Gasteiger partial charge in [-0.05, 0) is 98.3 Å². The first-order chi connectivity index (χ1) is 17.2. The van der Waals surface area contributed by atoms with Crippen LogP contribution in [0.3, 0.4) is 0 Å². The molecule has 3 nitrogen and oxygen atoms in total. The number of benzene rings is 2. The summed E-state index contributed by atoms with van der Waals surface area (Å²) in [7, 11) is 0. The first-order valence-corrected chi connectivity index (χ1v) is 14.3. The van der Waals surface area contributed by atoms with Crippen LogP contribution < -0.4 is 0 Å². The Bertz CT molecular complexity index is 952. The normalized spacial score (nSPS) is 25.0. The van der Waals surface area contributed by atoms with Gasteiger partial charge in [-0.25, -0.2) is 0 Å². The van der Waals surface area contributed by atoms with Crippen LogP contribution in [0.2, 0.25) is 0 Å². The van der Waals surface area contributed by atoms with Gasteiger partial charge in [0.05, 0.1) is 0 Å². The monoisotopic (exact) mass is 470 g/mol. The molecule has 3 aromatic rings. The Balaban J connectivity index is 1.19. The van der Waals surface area contributed by atoms with E-state index in [0.717, 1.165) is 23.0 Å². The van der Waals surface area contributed by atoms with Gasteiger partial charge in [-0.3, -0.25) is 0 Å². The quantitative estimate of drug-likeness (QED) is 0.329. The molecule has 0 amide bonds. The molecule has 2 aliphatic rings. The van der Waals surface area contributed by atoms with Gasteiger partial charge in [-0.1, -0.05) is 81.1 Å². The Kier molecular flexibility index (Phi) is 8.01. The second-order valence-electron chi connectivity index (χ2n) is 11.2. The molecule has 5 rings (SSSR count). The summed E-state index contributed by atoms with van der Waals surface area (Å²) in [5, 5.41) is 4.29. The Morgan fingerprint density at radius 3 is 1.54 bits per heavy atom. The summed E-state index contributed by atoms with van der Waals surface area (Å²) in [4.78, 5) is 4.72. The standard InChI is InChI=1S/C32H42N2O/c1-3-5-23-7-11-25(12-8-23)27-15-19-29(20-16-27)31-33-32(35-34-31)30-21-17-28(18-22-30)26-13-9-24(6-4-2)10-14-26/h15-26H,3-14H2,1-2H3. The van der Waals surface area contributed by atoms with Crippen LogP contribution in [0, 0.1) is 11.8 Å². The number of hydrogen-bond acceptors (Lipinski definition) is 3. The molecule has 0 bridgehead atoms. The lowest BCUT2D eigenvalue weighted by Crippen LogP contribution is -2.13. The molecule has 0 radical (unpaired) electrons. The lowest BCUT2D eigenvalue weighted by molar-refractivity contribution is 0.308. The first-order valence-electron chi connectivity index (χ1n) is 14.3. The van der Waals surface area contributed by atoms with Gasteiger partial charge in [-0.15, -0.1) is 0 Å². The fourth-order valence-electron chi connectivity index (χ4n) is 6.65. The van der Waals surface area contributed by atoms with Crippen molar-refractivity contribution < 1.29 is 4.52 Å². The summed E-state index contributed by atoms with van der Waals surface area (Å²) in [6.45, 7) is 4.62. The van der Waals surface area contributed by atoms with Crippen LogP contribution >= 0.6 is 0 Å². The predicted octanol–water partition coefficient (Wildman–Crippen LogP) is 9.55. The maximum atomic E-state index is 5.65. The Morgan fingerprint density at radius 2 is 1.09 bits per heavy atom. The average molecular weight is 471 g/mol. The van der Waals surface area contributed by atoms with E-state index in [4.69, 9.17) is 9.51 Å². The SMILES string of the molecule is CCCC1CCC(c2ccc(-c3noc(-c4ccc(C5CCC(CCC)CC5)cc4)n3)cc2)CC1. The van der Waals surface area contributed by atoms with Crippen molar-refractivity contribution >= 4 is 0 Å². The molecule has 0 atom stereocenters. The van der Waals surface area contributed by atoms with Crippen molar-refractivity contribution in [1.29, 1.82) is 0 Å². The smallest absolute Gasteiger partial charge is 0.258 e. The number of aromatic nitrogens is 2. The van der Waals surface area contributed by atoms with Gasteiger partial charge in [0.2, 0.25) is 5.82 Å². The van der Waals surface area contributed by atoms with E-state index in [1.54, 1.807) is 0 Å². The van der Waals surface area contributed by atoms with Crippen molar-refractivity contribution in [3.63, 3.8) is 0 Å². The van der Waals surface area contributed by atoms with E-state index in [9.17, 15) is 0 Å². The zero-order valence-corrected chi connectivity index (χ0v) is 21.7. The summed E-state index contributed by atoms with van der Waals surface area (Å²) < 4.78 is 5.65. The van der Waals surface area contributed by atoms with Crippen LogP contribution in [-0.4, -0.2) is 10.1 Å². The van der Waals surface area contributed by atoms with Gasteiger partial charge in [0.1, 0.15) is 0 Å². The minimum absolute atomic E-state index is 0.608. The first kappa shape index (κ1) is 24.3. The molecule has 2 aromatic carbocycles. The maximum Gasteiger partial charge on any atom is 0.258 e. The molecule has 3 heteroatoms. The van der Waals surface area contributed by atoms with E-state index in [-0.39, 0.29) is 0 Å². The van der Waals surface area contributed by atoms with Crippen LogP contribution in [0.15, 0.2) is 53.1 Å². The molecule has 186 valence electrons. The Labute approximate surface area is 211 Å². The Hall–Kier alpha value is -2.42. The zero-order chi connectivity index (χ0) is 24.0. The van der Waals surface area contributed by atoms with Crippen molar-refractivity contribution in [3.8, 4) is 22.8 Å². The van der Waals surface area contributed by atoms with E-state index < -0.39 is 0 Å². The average Bonchev–Trinajstić information content (AvgIpc) is 3.41. The van der Waals surface area contributed by atoms with E-state index in [1.807, 2.05) is 0 Å². The molecule has 0 unspecified atom stereocenters. The third-order valence-corrected chi connectivity index (χ3v) is 8.78. The maximum absolute atomic E-state index is 5.65. The molecule has 0 spiro atoms. The van der Waals surface area contributed by atoms with Crippen LogP contribution in [0.4, 0.5) is 0 Å². The fraction of sp³-hybridized carbons (Fsp3) is 0.562. The highest BCUT2D eigenvalue weighted by Gasteiger charge is 2.23. The fourth-order valence-corrected chi connectivity index (χ4v) is 6.65. The van der Waals surface area contributed by atoms with Gasteiger partial charge in [0.15, 0.2) is 0 Å². The molecule has 2 fully saturated rings. The number of nitrogens with zero attached hydrogens (tertiary/aromatic N) is 2. The summed E-state index contributed by atoms with van der Waals surface area (Å²) in [6, 6.07) is 17.7. The summed E-state index contributed by atoms with van der Waals surface area (Å²) in [6.07, 6.45) is 16.3. The van der Waals surface area contributed by atoms with Gasteiger partial charge >= 0.3 is 0 Å². The minimum Gasteiger partial charge on any atom is -0.334 e. The van der Waals surface area contributed by atoms with Gasteiger partial charge in [0, 0.05) is 11.1 Å². The van der Waals surface area contributed by atoms with E-state index >= 15 is 0 Å². The topological polar surface area (TPSA) is 38.9 Å². The van der Waals surface area contributed by atoms with E-state index in [0.29, 0.717) is 23.6 Å². The molecule has 0 saturated heterocycles. The van der Waals surface area contributed by atoms with E-state index in [1.165, 1.54) is 88.2 Å². The second-order valence-corrected chi connectivity index (χ2v) is 11.2. The molecule has 2 saturated carbocycles. The number of hydrogen-bond donors (Lipinski definition) is 0. The van der Waals surface area contributed by atoms with Crippen LogP contribution in [0.1, 0.15) is 114 Å². The highest BCUT2D eigenvalue weighted by Crippen LogP contribution is 2.39. The van der Waals surface area contributed by atoms with Crippen molar-refractivity contribution in [3.05, 3.63) is 59.7 Å². The third-order valence-electron chi connectivity index (χ3n) is 8.78. The lowest BCUT2D eigenvalue weighted by atomic mass is 9.77. The second kappa shape index (κ2) is 11.5. The summed E-state index contributed by atoms with van der Waals surface area (Å²) >= 11 is 0. The minimum atomic E-state index is 0.608. The van der Waals surface area contributed by atoms with Crippen molar-refractivity contribution in [2.24, 2.45) is 11.8 Å². The molecule has 1 aromatic heterocycles. The summed E-state index contributed by atoms with van der Waals surface area (Å²) in [5.41, 5.74) is 4.96. The van der Waals surface area contributed by atoms with Crippen molar-refractivity contribution in [2.45, 2.75) is 103 Å². The van der Waals surface area contributed by atoms with Gasteiger partial charge in [-0.2, -0.15) is 4.98 Å². The lowest BCUT2D eigenvalue weighted by Gasteiger charge is -2.28. The summed E-state index contributed by atoms with van der Waals surface area (Å²) in [5.74, 6) is 4.59. The Morgan fingerprint density at radius 1 is 0.629 bits per heavy atom. The predicted molar refractivity (Wildman–Crippen MR) is 144 cm³/mol. The largest absolute Gasteiger partial charge is 0.334 e. The molecule has 2 aliphatic carbocycles. The molecular weight excluding hydrogens is 428 g/mol. The van der Waals surface area contributed by atoms with Crippen LogP contribution in [-0.2, 0) is 0 Å². The highest BCUT2D eigenvalue weighted by molar-refractivity contribution is 5.60. The molecular formula is C32H42N2O. The van der Waals surface area contributed by atoms with Crippen molar-refractivity contribution in [2.75, 3.05) is 0 Å². The van der Waals surface area contributed by atoms with Crippen LogP contribution in [0.25, 0.3) is 22.8 Å². The molecule has 35 heavy (non-hydrogen) atoms. The molecule has 0 N–H and O–H groups in total. The zero-order valence-electron chi connectivity index (χ0n) is 21.7. The van der Waals surface area contributed by atoms with Crippen molar-refractivity contribution in [1.82, 2.24) is 10.1 Å². The van der Waals surface area contributed by atoms with Gasteiger partial charge < -0.3 is 4.52 Å². The molecule has 1 heterocycles. The number of rotatable bonds is 8. The molecule has 0 aliphatic heterocycles. The third kappa shape index (κ3) is 5.88. The van der Waals surface area contributed by atoms with Gasteiger partial charge in [0.25, 0.3) is 5.89 Å². The van der Waals surface area contributed by atoms with Crippen LogP contribution in [0.5, 0.6) is 0 Å². The highest BCUT2D eigenvalue weighted by atomic mass is 16.5.